The largest absolute Gasteiger partial charge is 0.381 e. The minimum atomic E-state index is 0.701. The van der Waals surface area contributed by atoms with E-state index in [1.165, 1.54) is 32.1 Å². The van der Waals surface area contributed by atoms with Crippen molar-refractivity contribution in [3.05, 3.63) is 12.2 Å². The van der Waals surface area contributed by atoms with Gasteiger partial charge in [0.05, 0.1) is 0 Å². The SMILES string of the molecule is C1=CCC(NC2CCCOCC2)C1. The minimum absolute atomic E-state index is 0.701. The van der Waals surface area contributed by atoms with E-state index in [1.54, 1.807) is 0 Å². The van der Waals surface area contributed by atoms with Crippen LogP contribution in [0.5, 0.6) is 0 Å². The summed E-state index contributed by atoms with van der Waals surface area (Å²) in [6.07, 6.45) is 10.7. The maximum absolute atomic E-state index is 5.43. The Bertz CT molecular complexity index is 163. The van der Waals surface area contributed by atoms with Crippen LogP contribution in [0.3, 0.4) is 0 Å². The summed E-state index contributed by atoms with van der Waals surface area (Å²) < 4.78 is 5.43. The topological polar surface area (TPSA) is 21.3 Å². The van der Waals surface area contributed by atoms with Gasteiger partial charge in [0.25, 0.3) is 0 Å². The molecule has 1 atom stereocenters. The van der Waals surface area contributed by atoms with E-state index in [2.05, 4.69) is 17.5 Å². The molecule has 0 radical (unpaired) electrons. The fourth-order valence-corrected chi connectivity index (χ4v) is 2.16. The summed E-state index contributed by atoms with van der Waals surface area (Å²) in [6, 6.07) is 1.41. The monoisotopic (exact) mass is 181 g/mol. The number of hydrogen-bond donors (Lipinski definition) is 1. The van der Waals surface area contributed by atoms with Crippen LogP contribution in [0.4, 0.5) is 0 Å². The van der Waals surface area contributed by atoms with E-state index in [4.69, 9.17) is 4.74 Å². The first-order chi connectivity index (χ1) is 6.45. The Morgan fingerprint density at radius 1 is 1.00 bits per heavy atom. The molecule has 2 heteroatoms. The zero-order chi connectivity index (χ0) is 8.93. The van der Waals surface area contributed by atoms with E-state index in [-0.39, 0.29) is 0 Å². The van der Waals surface area contributed by atoms with Gasteiger partial charge in [-0.2, -0.15) is 0 Å². The summed E-state index contributed by atoms with van der Waals surface area (Å²) in [4.78, 5) is 0. The summed E-state index contributed by atoms with van der Waals surface area (Å²) >= 11 is 0. The van der Waals surface area contributed by atoms with Gasteiger partial charge >= 0.3 is 0 Å². The quantitative estimate of drug-likeness (QED) is 0.657. The molecule has 2 rings (SSSR count). The second kappa shape index (κ2) is 4.77. The molecule has 1 saturated heterocycles. The first-order valence-corrected chi connectivity index (χ1v) is 5.44. The molecule has 2 aliphatic rings. The van der Waals surface area contributed by atoms with Gasteiger partial charge in [-0.3, -0.25) is 0 Å². The van der Waals surface area contributed by atoms with Gasteiger partial charge in [-0.1, -0.05) is 12.2 Å². The third kappa shape index (κ3) is 2.82. The third-order valence-corrected chi connectivity index (χ3v) is 2.93. The molecular weight excluding hydrogens is 162 g/mol. The van der Waals surface area contributed by atoms with Crippen LogP contribution in [0.15, 0.2) is 12.2 Å². The number of ether oxygens (including phenoxy) is 1. The lowest BCUT2D eigenvalue weighted by atomic mass is 10.1. The molecule has 0 aromatic heterocycles. The molecule has 0 saturated carbocycles. The van der Waals surface area contributed by atoms with E-state index in [1.807, 2.05) is 0 Å². The molecule has 1 unspecified atom stereocenters. The van der Waals surface area contributed by atoms with Crippen molar-refractivity contribution >= 4 is 0 Å². The van der Waals surface area contributed by atoms with Gasteiger partial charge in [-0.15, -0.1) is 0 Å². The highest BCUT2D eigenvalue weighted by molar-refractivity contribution is 4.98. The van der Waals surface area contributed by atoms with Gasteiger partial charge in [-0.25, -0.2) is 0 Å². The molecule has 74 valence electrons. The van der Waals surface area contributed by atoms with Crippen molar-refractivity contribution < 1.29 is 4.74 Å². The number of rotatable bonds is 2. The first-order valence-electron chi connectivity index (χ1n) is 5.44. The zero-order valence-corrected chi connectivity index (χ0v) is 8.17. The fourth-order valence-electron chi connectivity index (χ4n) is 2.16. The van der Waals surface area contributed by atoms with Crippen molar-refractivity contribution in [2.45, 2.75) is 44.2 Å². The zero-order valence-electron chi connectivity index (χ0n) is 8.17. The van der Waals surface area contributed by atoms with Crippen LogP contribution in [0.2, 0.25) is 0 Å². The molecule has 1 N–H and O–H groups in total. The van der Waals surface area contributed by atoms with Crippen molar-refractivity contribution in [2.24, 2.45) is 0 Å². The summed E-state index contributed by atoms with van der Waals surface area (Å²) in [7, 11) is 0. The summed E-state index contributed by atoms with van der Waals surface area (Å²) in [6.45, 7) is 1.90. The highest BCUT2D eigenvalue weighted by Crippen LogP contribution is 2.14. The lowest BCUT2D eigenvalue weighted by Crippen LogP contribution is -2.36. The maximum Gasteiger partial charge on any atom is 0.0480 e. The van der Waals surface area contributed by atoms with Crippen molar-refractivity contribution in [2.75, 3.05) is 13.2 Å². The molecule has 0 aromatic carbocycles. The van der Waals surface area contributed by atoms with Crippen LogP contribution in [0.25, 0.3) is 0 Å². The highest BCUT2D eigenvalue weighted by atomic mass is 16.5. The average Bonchev–Trinajstić information content (AvgIpc) is 2.49. The van der Waals surface area contributed by atoms with Gasteiger partial charge in [0.1, 0.15) is 0 Å². The lowest BCUT2D eigenvalue weighted by molar-refractivity contribution is 0.142. The summed E-state index contributed by atoms with van der Waals surface area (Å²) in [5, 5.41) is 3.72. The average molecular weight is 181 g/mol. The molecule has 1 aliphatic carbocycles. The lowest BCUT2D eigenvalue weighted by Gasteiger charge is -2.20. The van der Waals surface area contributed by atoms with Crippen molar-refractivity contribution in [3.8, 4) is 0 Å². The van der Waals surface area contributed by atoms with Gasteiger partial charge in [0, 0.05) is 25.3 Å². The molecule has 1 heterocycles. The van der Waals surface area contributed by atoms with Crippen LogP contribution < -0.4 is 5.32 Å². The van der Waals surface area contributed by atoms with Crippen LogP contribution in [0, 0.1) is 0 Å². The van der Waals surface area contributed by atoms with E-state index >= 15 is 0 Å². The molecule has 0 spiro atoms. The van der Waals surface area contributed by atoms with Crippen LogP contribution in [-0.4, -0.2) is 25.3 Å². The predicted octanol–water partition coefficient (Wildman–Crippen LogP) is 1.86. The smallest absolute Gasteiger partial charge is 0.0480 e. The van der Waals surface area contributed by atoms with Crippen LogP contribution >= 0.6 is 0 Å². The van der Waals surface area contributed by atoms with Gasteiger partial charge in [0.15, 0.2) is 0 Å². The van der Waals surface area contributed by atoms with Crippen molar-refractivity contribution in [1.29, 1.82) is 0 Å². The Kier molecular flexibility index (Phi) is 3.39. The van der Waals surface area contributed by atoms with E-state index in [0.717, 1.165) is 13.2 Å². The third-order valence-electron chi connectivity index (χ3n) is 2.93. The second-order valence-electron chi connectivity index (χ2n) is 4.05. The minimum Gasteiger partial charge on any atom is -0.381 e. The molecule has 1 fully saturated rings. The Morgan fingerprint density at radius 2 is 1.85 bits per heavy atom. The molecule has 2 nitrogen and oxygen atoms in total. The van der Waals surface area contributed by atoms with Crippen molar-refractivity contribution in [3.63, 3.8) is 0 Å². The Morgan fingerprint density at radius 3 is 2.69 bits per heavy atom. The molecular formula is C11H19NO. The van der Waals surface area contributed by atoms with Gasteiger partial charge in [-0.05, 0) is 32.1 Å². The molecule has 1 aliphatic heterocycles. The Labute approximate surface area is 80.4 Å². The Hall–Kier alpha value is -0.340. The summed E-state index contributed by atoms with van der Waals surface area (Å²) in [5.41, 5.74) is 0. The first kappa shape index (κ1) is 9.22. The molecule has 13 heavy (non-hydrogen) atoms. The maximum atomic E-state index is 5.43. The van der Waals surface area contributed by atoms with E-state index < -0.39 is 0 Å². The molecule has 0 amide bonds. The van der Waals surface area contributed by atoms with Crippen molar-refractivity contribution in [1.82, 2.24) is 5.32 Å². The number of nitrogens with one attached hydrogen (secondary N) is 1. The molecule has 0 bridgehead atoms. The number of hydrogen-bond acceptors (Lipinski definition) is 2. The molecule has 0 aromatic rings. The fraction of sp³-hybridized carbons (Fsp3) is 0.818. The standard InChI is InChI=1S/C11H19NO/c1-2-5-10(4-1)12-11-6-3-8-13-9-7-11/h1-2,10-12H,3-9H2. The predicted molar refractivity (Wildman–Crippen MR) is 53.8 cm³/mol. The van der Waals surface area contributed by atoms with E-state index in [9.17, 15) is 0 Å². The van der Waals surface area contributed by atoms with Crippen LogP contribution in [0.1, 0.15) is 32.1 Å². The van der Waals surface area contributed by atoms with E-state index in [0.29, 0.717) is 12.1 Å². The Balaban J connectivity index is 1.72. The van der Waals surface area contributed by atoms with Gasteiger partial charge < -0.3 is 10.1 Å². The van der Waals surface area contributed by atoms with Gasteiger partial charge in [0.2, 0.25) is 0 Å². The summed E-state index contributed by atoms with van der Waals surface area (Å²) in [5.74, 6) is 0. The highest BCUT2D eigenvalue weighted by Gasteiger charge is 2.17. The normalized spacial score (nSPS) is 30.6. The van der Waals surface area contributed by atoms with Crippen LogP contribution in [-0.2, 0) is 4.74 Å². The second-order valence-corrected chi connectivity index (χ2v) is 4.05.